The second-order valence-corrected chi connectivity index (χ2v) is 6.04. The van der Waals surface area contributed by atoms with Crippen LogP contribution in [0.2, 0.25) is 0 Å². The molecule has 2 aliphatic rings. The van der Waals surface area contributed by atoms with E-state index < -0.39 is 6.55 Å². The van der Waals surface area contributed by atoms with Crippen LogP contribution in [0.5, 0.6) is 0 Å². The molecule has 1 unspecified atom stereocenters. The lowest BCUT2D eigenvalue weighted by Crippen LogP contribution is -2.51. The van der Waals surface area contributed by atoms with E-state index in [0.29, 0.717) is 45.2 Å². The molecule has 0 aromatic carbocycles. The predicted molar refractivity (Wildman–Crippen MR) is 78.9 cm³/mol. The maximum Gasteiger partial charge on any atom is 0.319 e. The summed E-state index contributed by atoms with van der Waals surface area (Å²) in [6.07, 6.45) is 4.52. The Balaban J connectivity index is 1.50. The second-order valence-electron chi connectivity index (χ2n) is 6.04. The summed E-state index contributed by atoms with van der Waals surface area (Å²) in [5.41, 5.74) is 0. The van der Waals surface area contributed by atoms with Gasteiger partial charge in [0.15, 0.2) is 0 Å². The van der Waals surface area contributed by atoms with Gasteiger partial charge in [0.2, 0.25) is 5.91 Å². The van der Waals surface area contributed by atoms with E-state index in [1.165, 1.54) is 12.4 Å². The molecule has 1 aromatic rings. The number of alkyl halides is 2. The lowest BCUT2D eigenvalue weighted by molar-refractivity contribution is -0.141. The summed E-state index contributed by atoms with van der Waals surface area (Å²) in [6, 6.07) is 0. The van der Waals surface area contributed by atoms with E-state index in [9.17, 15) is 13.6 Å². The van der Waals surface area contributed by atoms with Crippen molar-refractivity contribution in [3.63, 3.8) is 0 Å². The van der Waals surface area contributed by atoms with E-state index in [0.717, 1.165) is 24.0 Å². The average Bonchev–Trinajstić information content (AvgIpc) is 3.04. The fraction of sp³-hybridized carbons (Fsp3) is 0.733. The summed E-state index contributed by atoms with van der Waals surface area (Å²) in [7, 11) is 0. The van der Waals surface area contributed by atoms with Crippen LogP contribution in [-0.4, -0.2) is 64.7 Å². The molecule has 1 aromatic heterocycles. The van der Waals surface area contributed by atoms with Gasteiger partial charge in [-0.15, -0.1) is 0 Å². The summed E-state index contributed by atoms with van der Waals surface area (Å²) < 4.78 is 31.9. The summed E-state index contributed by atoms with van der Waals surface area (Å²) in [5, 5.41) is 0. The molecule has 1 amide bonds. The van der Waals surface area contributed by atoms with E-state index in [2.05, 4.69) is 9.88 Å². The zero-order chi connectivity index (χ0) is 16.2. The number of rotatable bonds is 4. The van der Waals surface area contributed by atoms with Gasteiger partial charge in [0.25, 0.3) is 0 Å². The van der Waals surface area contributed by atoms with E-state index in [4.69, 9.17) is 4.74 Å². The van der Waals surface area contributed by atoms with Crippen molar-refractivity contribution in [3.8, 4) is 0 Å². The molecule has 8 heteroatoms. The average molecular weight is 328 g/mol. The molecule has 0 N–H and O–H groups in total. The van der Waals surface area contributed by atoms with Crippen molar-refractivity contribution in [3.05, 3.63) is 18.2 Å². The molecule has 0 radical (unpaired) electrons. The number of imidazole rings is 1. The molecule has 2 aliphatic heterocycles. The topological polar surface area (TPSA) is 50.6 Å². The number of carbonyl (C=O) groups excluding carboxylic acids is 1. The number of aromatic nitrogens is 2. The van der Waals surface area contributed by atoms with Crippen molar-refractivity contribution >= 4 is 5.91 Å². The molecule has 0 spiro atoms. The van der Waals surface area contributed by atoms with Crippen LogP contribution in [0.25, 0.3) is 0 Å². The van der Waals surface area contributed by atoms with Gasteiger partial charge in [0.05, 0.1) is 19.1 Å². The van der Waals surface area contributed by atoms with Crippen LogP contribution in [-0.2, 0) is 16.1 Å². The van der Waals surface area contributed by atoms with Gasteiger partial charge in [-0.25, -0.2) is 4.98 Å². The number of hydrogen-bond acceptors (Lipinski definition) is 4. The molecular formula is C15H22F2N4O2. The number of nitrogens with zero attached hydrogens (tertiary/aromatic N) is 4. The monoisotopic (exact) mass is 328 g/mol. The third-order valence-electron chi connectivity index (χ3n) is 4.52. The highest BCUT2D eigenvalue weighted by molar-refractivity contribution is 5.79. The zero-order valence-corrected chi connectivity index (χ0v) is 13.0. The fourth-order valence-electron chi connectivity index (χ4n) is 3.16. The van der Waals surface area contributed by atoms with Gasteiger partial charge in [0, 0.05) is 45.2 Å². The van der Waals surface area contributed by atoms with Crippen molar-refractivity contribution < 1.29 is 18.3 Å². The van der Waals surface area contributed by atoms with Crippen LogP contribution in [0.4, 0.5) is 8.78 Å². The van der Waals surface area contributed by atoms with Gasteiger partial charge in [0.1, 0.15) is 5.82 Å². The summed E-state index contributed by atoms with van der Waals surface area (Å²) in [4.78, 5) is 20.4. The Bertz CT molecular complexity index is 523. The molecule has 1 atom stereocenters. The molecule has 3 heterocycles. The maximum absolute atomic E-state index is 12.8. The van der Waals surface area contributed by atoms with Crippen LogP contribution in [0.15, 0.2) is 12.4 Å². The minimum atomic E-state index is -2.57. The smallest absolute Gasteiger partial charge is 0.319 e. The third-order valence-corrected chi connectivity index (χ3v) is 4.52. The molecule has 2 saturated heterocycles. The first kappa shape index (κ1) is 16.3. The van der Waals surface area contributed by atoms with Crippen molar-refractivity contribution in [2.75, 3.05) is 39.4 Å². The molecular weight excluding hydrogens is 306 g/mol. The molecule has 0 bridgehead atoms. The summed E-state index contributed by atoms with van der Waals surface area (Å²) in [5.74, 6) is 0.506. The zero-order valence-electron chi connectivity index (χ0n) is 13.0. The highest BCUT2D eigenvalue weighted by atomic mass is 19.3. The fourth-order valence-corrected chi connectivity index (χ4v) is 3.16. The molecule has 6 nitrogen and oxygen atoms in total. The standard InChI is InChI=1S/C15H22F2N4O2/c16-15(17)21-4-3-18-13(21)10-19-5-7-20(8-6-19)14(22)12-2-1-9-23-11-12/h3-4,12,15H,1-2,5-11H2. The lowest BCUT2D eigenvalue weighted by atomic mass is 10.0. The summed E-state index contributed by atoms with van der Waals surface area (Å²) >= 11 is 0. The van der Waals surface area contributed by atoms with Gasteiger partial charge in [-0.05, 0) is 12.8 Å². The normalized spacial score (nSPS) is 23.4. The van der Waals surface area contributed by atoms with Gasteiger partial charge < -0.3 is 9.64 Å². The van der Waals surface area contributed by atoms with Crippen LogP contribution < -0.4 is 0 Å². The highest BCUT2D eigenvalue weighted by Crippen LogP contribution is 2.19. The van der Waals surface area contributed by atoms with Crippen LogP contribution in [0.1, 0.15) is 25.2 Å². The molecule has 23 heavy (non-hydrogen) atoms. The molecule has 128 valence electrons. The minimum Gasteiger partial charge on any atom is -0.381 e. The van der Waals surface area contributed by atoms with Crippen molar-refractivity contribution in [2.24, 2.45) is 5.92 Å². The number of amides is 1. The third kappa shape index (κ3) is 3.87. The minimum absolute atomic E-state index is 0.0203. The first-order valence-corrected chi connectivity index (χ1v) is 8.04. The molecule has 3 rings (SSSR count). The van der Waals surface area contributed by atoms with E-state index in [1.807, 2.05) is 4.90 Å². The molecule has 0 aliphatic carbocycles. The van der Waals surface area contributed by atoms with Crippen molar-refractivity contribution in [2.45, 2.75) is 25.9 Å². The predicted octanol–water partition coefficient (Wildman–Crippen LogP) is 1.35. The number of piperazine rings is 1. The van der Waals surface area contributed by atoms with Crippen LogP contribution in [0.3, 0.4) is 0 Å². The SMILES string of the molecule is O=C(C1CCCOC1)N1CCN(Cc2nccn2C(F)F)CC1. The Morgan fingerprint density at radius 3 is 2.78 bits per heavy atom. The summed E-state index contributed by atoms with van der Waals surface area (Å²) in [6.45, 7) is 1.69. The van der Waals surface area contributed by atoms with Gasteiger partial charge >= 0.3 is 6.55 Å². The number of ether oxygens (including phenoxy) is 1. The quantitative estimate of drug-likeness (QED) is 0.837. The first-order chi connectivity index (χ1) is 11.1. The van der Waals surface area contributed by atoms with Gasteiger partial charge in [-0.3, -0.25) is 14.3 Å². The van der Waals surface area contributed by atoms with Crippen LogP contribution >= 0.6 is 0 Å². The highest BCUT2D eigenvalue weighted by Gasteiger charge is 2.29. The lowest BCUT2D eigenvalue weighted by Gasteiger charge is -2.36. The maximum atomic E-state index is 12.8. The Hall–Kier alpha value is -1.54. The van der Waals surface area contributed by atoms with Gasteiger partial charge in [-0.1, -0.05) is 0 Å². The number of carbonyl (C=O) groups is 1. The Kier molecular flexibility index (Phi) is 5.22. The van der Waals surface area contributed by atoms with E-state index >= 15 is 0 Å². The second kappa shape index (κ2) is 7.35. The Morgan fingerprint density at radius 2 is 2.13 bits per heavy atom. The largest absolute Gasteiger partial charge is 0.381 e. The molecule has 0 saturated carbocycles. The Labute approximate surface area is 134 Å². The van der Waals surface area contributed by atoms with Crippen molar-refractivity contribution in [1.29, 1.82) is 0 Å². The Morgan fingerprint density at radius 1 is 1.35 bits per heavy atom. The first-order valence-electron chi connectivity index (χ1n) is 8.04. The van der Waals surface area contributed by atoms with E-state index in [-0.39, 0.29) is 11.8 Å². The van der Waals surface area contributed by atoms with E-state index in [1.54, 1.807) is 0 Å². The van der Waals surface area contributed by atoms with Crippen LogP contribution in [0, 0.1) is 5.92 Å². The van der Waals surface area contributed by atoms with Gasteiger partial charge in [-0.2, -0.15) is 8.78 Å². The molecule has 2 fully saturated rings. The number of halogens is 2. The number of hydrogen-bond donors (Lipinski definition) is 0. The van der Waals surface area contributed by atoms with Crippen molar-refractivity contribution in [1.82, 2.24) is 19.4 Å².